The summed E-state index contributed by atoms with van der Waals surface area (Å²) in [4.78, 5) is 28.2. The largest absolute Gasteiger partial charge is 0.458 e. The van der Waals surface area contributed by atoms with Crippen molar-refractivity contribution in [2.75, 3.05) is 18.2 Å². The maximum Gasteiger partial charge on any atom is 0.335 e. The zero-order valence-corrected chi connectivity index (χ0v) is 21.9. The molecule has 196 valence electrons. The van der Waals surface area contributed by atoms with E-state index in [9.17, 15) is 23.3 Å². The highest BCUT2D eigenvalue weighted by Gasteiger charge is 2.43. The molecule has 2 atom stereocenters. The monoisotopic (exact) mass is 527 g/mol. The van der Waals surface area contributed by atoms with Crippen LogP contribution in [0.3, 0.4) is 0 Å². The number of sulfone groups is 1. The maximum atomic E-state index is 12.8. The summed E-state index contributed by atoms with van der Waals surface area (Å²) in [6, 6.07) is 9.98. The van der Waals surface area contributed by atoms with Gasteiger partial charge in [0.2, 0.25) is 0 Å². The van der Waals surface area contributed by atoms with Crippen molar-refractivity contribution >= 4 is 38.2 Å². The van der Waals surface area contributed by atoms with Gasteiger partial charge < -0.3 is 19.8 Å². The van der Waals surface area contributed by atoms with Gasteiger partial charge in [-0.1, -0.05) is 0 Å². The Kier molecular flexibility index (Phi) is 6.87. The maximum absolute atomic E-state index is 12.8. The van der Waals surface area contributed by atoms with Crippen LogP contribution in [-0.2, 0) is 29.6 Å². The molecule has 0 aliphatic carbocycles. The summed E-state index contributed by atoms with van der Waals surface area (Å²) in [5.74, 6) is -0.213. The van der Waals surface area contributed by atoms with Crippen LogP contribution in [0.5, 0.6) is 0 Å². The highest BCUT2D eigenvalue weighted by molar-refractivity contribution is 7.90. The van der Waals surface area contributed by atoms with Gasteiger partial charge in [0.15, 0.2) is 21.8 Å². The molecular weight excluding hydrogens is 498 g/mol. The molecule has 1 aliphatic rings. The summed E-state index contributed by atoms with van der Waals surface area (Å²) in [5, 5.41) is 17.7. The van der Waals surface area contributed by atoms with Crippen molar-refractivity contribution in [2.24, 2.45) is 0 Å². The lowest BCUT2D eigenvalue weighted by Crippen LogP contribution is -2.47. The van der Waals surface area contributed by atoms with Crippen molar-refractivity contribution in [2.45, 2.75) is 62.2 Å². The normalized spacial score (nSPS) is 20.4. The molecule has 1 aliphatic heterocycles. The Balaban J connectivity index is 1.70. The van der Waals surface area contributed by atoms with Crippen LogP contribution in [0.1, 0.15) is 40.0 Å². The molecule has 11 nitrogen and oxygen atoms in total. The first-order chi connectivity index (χ1) is 17.3. The average Bonchev–Trinajstić information content (AvgIpc) is 3.18. The van der Waals surface area contributed by atoms with Gasteiger partial charge in [-0.2, -0.15) is 10.4 Å². The van der Waals surface area contributed by atoms with Crippen molar-refractivity contribution in [3.05, 3.63) is 46.9 Å². The van der Waals surface area contributed by atoms with Crippen LogP contribution < -0.4 is 10.9 Å². The number of esters is 1. The number of benzene rings is 1. The molecule has 0 radical (unpaired) electrons. The Morgan fingerprint density at radius 1 is 1.32 bits per heavy atom. The SMILES string of the molecule is CC(C)(C)OC(=O)[C@H]1CC[C@](CC#N)(n2nc(Nc3ccc(S(C)(=O)=O)cc3)c3c(=O)[nH]ccc32)CO1. The minimum Gasteiger partial charge on any atom is -0.458 e. The van der Waals surface area contributed by atoms with Gasteiger partial charge in [-0.3, -0.25) is 9.48 Å². The van der Waals surface area contributed by atoms with Crippen LogP contribution in [0.25, 0.3) is 10.9 Å². The minimum atomic E-state index is -3.36. The Hall–Kier alpha value is -3.69. The number of ether oxygens (including phenoxy) is 2. The van der Waals surface area contributed by atoms with Gasteiger partial charge in [-0.25, -0.2) is 13.2 Å². The second-order valence-electron chi connectivity index (χ2n) is 10.2. The first-order valence-electron chi connectivity index (χ1n) is 11.7. The van der Waals surface area contributed by atoms with Crippen LogP contribution in [0.15, 0.2) is 46.2 Å². The number of hydrogen-bond acceptors (Lipinski definition) is 9. The van der Waals surface area contributed by atoms with Crippen molar-refractivity contribution in [3.63, 3.8) is 0 Å². The van der Waals surface area contributed by atoms with Gasteiger partial charge in [0.05, 0.1) is 35.0 Å². The predicted octanol–water partition coefficient (Wildman–Crippen LogP) is 3.00. The molecule has 0 spiro atoms. The van der Waals surface area contributed by atoms with Crippen molar-refractivity contribution in [1.82, 2.24) is 14.8 Å². The van der Waals surface area contributed by atoms with E-state index in [1.165, 1.54) is 18.3 Å². The van der Waals surface area contributed by atoms with E-state index < -0.39 is 33.1 Å². The van der Waals surface area contributed by atoms with Crippen molar-refractivity contribution in [3.8, 4) is 6.07 Å². The topological polar surface area (TPSA) is 156 Å². The summed E-state index contributed by atoms with van der Waals surface area (Å²) in [7, 11) is -3.36. The smallest absolute Gasteiger partial charge is 0.335 e. The molecule has 2 aromatic heterocycles. The molecule has 3 heterocycles. The number of fused-ring (bicyclic) bond motifs is 1. The second kappa shape index (κ2) is 9.64. The van der Waals surface area contributed by atoms with E-state index in [2.05, 4.69) is 21.5 Å². The summed E-state index contributed by atoms with van der Waals surface area (Å²) >= 11 is 0. The van der Waals surface area contributed by atoms with E-state index in [4.69, 9.17) is 9.47 Å². The molecule has 12 heteroatoms. The number of hydrogen-bond donors (Lipinski definition) is 2. The van der Waals surface area contributed by atoms with Crippen LogP contribution in [0, 0.1) is 11.3 Å². The Morgan fingerprint density at radius 2 is 2.03 bits per heavy atom. The van der Waals surface area contributed by atoms with Gasteiger partial charge in [-0.05, 0) is 63.9 Å². The van der Waals surface area contributed by atoms with E-state index in [1.807, 2.05) is 0 Å². The summed E-state index contributed by atoms with van der Waals surface area (Å²) in [6.45, 7) is 5.37. The lowest BCUT2D eigenvalue weighted by molar-refractivity contribution is -0.176. The van der Waals surface area contributed by atoms with E-state index >= 15 is 0 Å². The van der Waals surface area contributed by atoms with E-state index in [-0.39, 0.29) is 34.7 Å². The predicted molar refractivity (Wildman–Crippen MR) is 136 cm³/mol. The number of nitriles is 1. The molecule has 1 fully saturated rings. The van der Waals surface area contributed by atoms with Crippen molar-refractivity contribution in [1.29, 1.82) is 5.26 Å². The van der Waals surface area contributed by atoms with Crippen molar-refractivity contribution < 1.29 is 22.7 Å². The highest BCUT2D eigenvalue weighted by Crippen LogP contribution is 2.37. The van der Waals surface area contributed by atoms with Crippen LogP contribution >= 0.6 is 0 Å². The van der Waals surface area contributed by atoms with Crippen LogP contribution in [-0.4, -0.2) is 53.7 Å². The third-order valence-corrected chi connectivity index (χ3v) is 7.23. The fraction of sp³-hybridized carbons (Fsp3) is 0.440. The fourth-order valence-electron chi connectivity index (χ4n) is 4.34. The lowest BCUT2D eigenvalue weighted by atomic mass is 9.87. The molecule has 0 saturated carbocycles. The number of H-pyrrole nitrogens is 1. The third kappa shape index (κ3) is 5.52. The number of pyridine rings is 1. The van der Waals surface area contributed by atoms with Gasteiger partial charge in [0, 0.05) is 18.1 Å². The quantitative estimate of drug-likeness (QED) is 0.460. The average molecular weight is 528 g/mol. The first kappa shape index (κ1) is 26.4. The third-order valence-electron chi connectivity index (χ3n) is 6.10. The number of nitrogens with zero attached hydrogens (tertiary/aromatic N) is 3. The zero-order chi connectivity index (χ0) is 27.0. The first-order valence-corrected chi connectivity index (χ1v) is 13.6. The zero-order valence-electron chi connectivity index (χ0n) is 21.1. The molecule has 2 N–H and O–H groups in total. The van der Waals surface area contributed by atoms with Gasteiger partial charge in [-0.15, -0.1) is 0 Å². The van der Waals surface area contributed by atoms with E-state index in [0.717, 1.165) is 6.26 Å². The molecule has 3 aromatic rings. The van der Waals surface area contributed by atoms with E-state index in [1.54, 1.807) is 43.7 Å². The molecule has 0 bridgehead atoms. The summed E-state index contributed by atoms with van der Waals surface area (Å²) in [6.07, 6.45) is 2.62. The van der Waals surface area contributed by atoms with Gasteiger partial charge in [0.25, 0.3) is 5.56 Å². The van der Waals surface area contributed by atoms with Crippen LogP contribution in [0.2, 0.25) is 0 Å². The number of rotatable bonds is 6. The standard InChI is InChI=1S/C25H29N5O6S/c1-24(2,3)36-23(32)19-9-11-25(12-13-26,15-35-19)30-18-10-14-27-22(31)20(18)21(29-30)28-16-5-7-17(8-6-16)37(4,33)34/h5-8,10,14,19H,9,11-12,15H2,1-4H3,(H,27,31)(H,28,29)/t19-,25-/m1/s1. The number of aromatic nitrogens is 3. The lowest BCUT2D eigenvalue weighted by Gasteiger charge is -2.39. The molecule has 0 unspecified atom stereocenters. The highest BCUT2D eigenvalue weighted by atomic mass is 32.2. The fourth-order valence-corrected chi connectivity index (χ4v) is 4.97. The molecular formula is C25H29N5O6S. The second-order valence-corrected chi connectivity index (χ2v) is 12.2. The molecule has 37 heavy (non-hydrogen) atoms. The van der Waals surface area contributed by atoms with Crippen LogP contribution in [0.4, 0.5) is 11.5 Å². The Bertz CT molecular complexity index is 1520. The number of anilines is 2. The molecule has 0 amide bonds. The van der Waals surface area contributed by atoms with E-state index in [0.29, 0.717) is 24.0 Å². The summed E-state index contributed by atoms with van der Waals surface area (Å²) < 4.78 is 36.6. The Labute approximate surface area is 214 Å². The summed E-state index contributed by atoms with van der Waals surface area (Å²) in [5.41, 5.74) is -0.926. The van der Waals surface area contributed by atoms with Gasteiger partial charge >= 0.3 is 5.97 Å². The number of aromatic amines is 1. The molecule has 4 rings (SSSR count). The van der Waals surface area contributed by atoms with Gasteiger partial charge in [0.1, 0.15) is 11.0 Å². The molecule has 1 aromatic carbocycles. The number of nitrogens with one attached hydrogen (secondary N) is 2. The Morgan fingerprint density at radius 3 is 2.59 bits per heavy atom. The minimum absolute atomic E-state index is 0.0244. The number of carbonyl (C=O) groups is 1. The molecule has 1 saturated heterocycles. The number of carbonyl (C=O) groups excluding carboxylic acids is 1.